The number of pyridine rings is 1. The van der Waals surface area contributed by atoms with E-state index in [0.29, 0.717) is 16.8 Å². The first-order valence-corrected chi connectivity index (χ1v) is 8.22. The molecular formula is C18H14ClF3N4O. The van der Waals surface area contributed by atoms with E-state index in [-0.39, 0.29) is 17.5 Å². The number of nitrogens with zero attached hydrogens (tertiary/aromatic N) is 3. The summed E-state index contributed by atoms with van der Waals surface area (Å²) in [4.78, 5) is 20.4. The maximum Gasteiger partial charge on any atom is 0.416 e. The average molecular weight is 395 g/mol. The first-order valence-electron chi connectivity index (χ1n) is 7.85. The van der Waals surface area contributed by atoms with Crippen LogP contribution in [0, 0.1) is 6.92 Å². The molecule has 0 bridgehead atoms. The van der Waals surface area contributed by atoms with Gasteiger partial charge in [0.1, 0.15) is 5.15 Å². The van der Waals surface area contributed by atoms with Crippen LogP contribution in [0.1, 0.15) is 27.2 Å². The van der Waals surface area contributed by atoms with Gasteiger partial charge in [-0.3, -0.25) is 4.79 Å². The quantitative estimate of drug-likeness (QED) is 0.660. The smallest absolute Gasteiger partial charge is 0.331 e. The summed E-state index contributed by atoms with van der Waals surface area (Å²) in [5.74, 6) is -0.123. The number of hydrogen-bond acceptors (Lipinski definition) is 3. The first-order chi connectivity index (χ1) is 12.7. The summed E-state index contributed by atoms with van der Waals surface area (Å²) >= 11 is 5.77. The molecule has 5 nitrogen and oxygen atoms in total. The molecule has 2 aromatic heterocycles. The SMILES string of the molecule is Cc1nc(Cl)ccc1C(=O)Nc1cn(Cc2cccc(C(F)(F)F)c2)cn1. The molecule has 1 N–H and O–H groups in total. The Kier molecular flexibility index (Phi) is 5.18. The number of nitrogens with one attached hydrogen (secondary N) is 1. The standard InChI is InChI=1S/C18H14ClF3N4O/c1-11-14(5-6-15(19)24-11)17(27)25-16-9-26(10-23-16)8-12-3-2-4-13(7-12)18(20,21)22/h2-7,9-10H,8H2,1H3,(H,25,27). The van der Waals surface area contributed by atoms with E-state index in [9.17, 15) is 18.0 Å². The lowest BCUT2D eigenvalue weighted by Crippen LogP contribution is -2.14. The normalized spacial score (nSPS) is 11.4. The Bertz CT molecular complexity index is 985. The molecule has 27 heavy (non-hydrogen) atoms. The molecule has 0 aliphatic heterocycles. The highest BCUT2D eigenvalue weighted by Crippen LogP contribution is 2.29. The van der Waals surface area contributed by atoms with E-state index in [1.54, 1.807) is 23.6 Å². The van der Waals surface area contributed by atoms with Crippen molar-refractivity contribution in [3.05, 3.63) is 76.5 Å². The summed E-state index contributed by atoms with van der Waals surface area (Å²) in [6.07, 6.45) is -1.42. The number of halogens is 4. The van der Waals surface area contributed by atoms with Crippen molar-refractivity contribution in [1.29, 1.82) is 0 Å². The minimum atomic E-state index is -4.39. The van der Waals surface area contributed by atoms with Gasteiger partial charge in [0, 0.05) is 12.7 Å². The van der Waals surface area contributed by atoms with Crippen LogP contribution < -0.4 is 5.32 Å². The monoisotopic (exact) mass is 394 g/mol. The van der Waals surface area contributed by atoms with Crippen LogP contribution in [-0.4, -0.2) is 20.4 Å². The molecule has 1 amide bonds. The van der Waals surface area contributed by atoms with Crippen LogP contribution in [0.15, 0.2) is 48.9 Å². The first kappa shape index (κ1) is 18.9. The molecule has 0 atom stereocenters. The molecule has 0 saturated carbocycles. The molecule has 0 aliphatic rings. The number of aromatic nitrogens is 3. The van der Waals surface area contributed by atoms with Crippen LogP contribution in [0.4, 0.5) is 19.0 Å². The Morgan fingerprint density at radius 3 is 2.74 bits per heavy atom. The second-order valence-electron chi connectivity index (χ2n) is 5.85. The summed E-state index contributed by atoms with van der Waals surface area (Å²) < 4.78 is 40.0. The molecule has 0 aliphatic carbocycles. The fourth-order valence-corrected chi connectivity index (χ4v) is 2.71. The van der Waals surface area contributed by atoms with Crippen molar-refractivity contribution < 1.29 is 18.0 Å². The number of anilines is 1. The van der Waals surface area contributed by atoms with E-state index >= 15 is 0 Å². The summed E-state index contributed by atoms with van der Waals surface area (Å²) in [6, 6.07) is 8.12. The van der Waals surface area contributed by atoms with Gasteiger partial charge in [-0.2, -0.15) is 13.2 Å². The molecule has 2 heterocycles. The van der Waals surface area contributed by atoms with Crippen LogP contribution in [0.25, 0.3) is 0 Å². The lowest BCUT2D eigenvalue weighted by molar-refractivity contribution is -0.137. The number of hydrogen-bond donors (Lipinski definition) is 1. The largest absolute Gasteiger partial charge is 0.416 e. The van der Waals surface area contributed by atoms with Gasteiger partial charge in [-0.25, -0.2) is 9.97 Å². The Hall–Kier alpha value is -2.87. The molecule has 1 aromatic carbocycles. The van der Waals surface area contributed by atoms with Gasteiger partial charge in [-0.05, 0) is 36.8 Å². The van der Waals surface area contributed by atoms with Crippen LogP contribution in [-0.2, 0) is 12.7 Å². The molecule has 0 fully saturated rings. The van der Waals surface area contributed by atoms with E-state index < -0.39 is 17.6 Å². The van der Waals surface area contributed by atoms with Gasteiger partial charge in [-0.15, -0.1) is 0 Å². The van der Waals surface area contributed by atoms with Crippen LogP contribution in [0.5, 0.6) is 0 Å². The zero-order chi connectivity index (χ0) is 19.6. The van der Waals surface area contributed by atoms with Crippen molar-refractivity contribution in [3.63, 3.8) is 0 Å². The predicted molar refractivity (Wildman–Crippen MR) is 94.7 cm³/mol. The average Bonchev–Trinajstić information content (AvgIpc) is 3.01. The van der Waals surface area contributed by atoms with Crippen LogP contribution in [0.2, 0.25) is 5.15 Å². The lowest BCUT2D eigenvalue weighted by Gasteiger charge is -2.09. The molecular weight excluding hydrogens is 381 g/mol. The number of aryl methyl sites for hydroxylation is 1. The van der Waals surface area contributed by atoms with E-state index in [4.69, 9.17) is 11.6 Å². The second-order valence-corrected chi connectivity index (χ2v) is 6.24. The Labute approximate surface area is 157 Å². The molecule has 140 valence electrons. The summed E-state index contributed by atoms with van der Waals surface area (Å²) in [5, 5.41) is 2.91. The number of carbonyl (C=O) groups is 1. The van der Waals surface area contributed by atoms with Gasteiger partial charge < -0.3 is 9.88 Å². The molecule has 3 aromatic rings. The zero-order valence-corrected chi connectivity index (χ0v) is 14.8. The number of carbonyl (C=O) groups excluding carboxylic acids is 1. The number of benzene rings is 1. The third-order valence-corrected chi connectivity index (χ3v) is 4.00. The Morgan fingerprint density at radius 2 is 2.04 bits per heavy atom. The van der Waals surface area contributed by atoms with Crippen molar-refractivity contribution in [3.8, 4) is 0 Å². The van der Waals surface area contributed by atoms with Crippen molar-refractivity contribution in [2.24, 2.45) is 0 Å². The maximum absolute atomic E-state index is 12.8. The highest BCUT2D eigenvalue weighted by Gasteiger charge is 2.30. The topological polar surface area (TPSA) is 59.8 Å². The molecule has 3 rings (SSSR count). The van der Waals surface area contributed by atoms with Gasteiger partial charge in [0.2, 0.25) is 0 Å². The van der Waals surface area contributed by atoms with Crippen molar-refractivity contribution >= 4 is 23.3 Å². The summed E-state index contributed by atoms with van der Waals surface area (Å²) in [6.45, 7) is 1.85. The third kappa shape index (κ3) is 4.65. The van der Waals surface area contributed by atoms with Crippen LogP contribution in [0.3, 0.4) is 0 Å². The Balaban J connectivity index is 1.71. The molecule has 0 unspecified atom stereocenters. The van der Waals surface area contributed by atoms with Gasteiger partial charge >= 0.3 is 6.18 Å². The fourth-order valence-electron chi connectivity index (χ4n) is 2.52. The number of alkyl halides is 3. The van der Waals surface area contributed by atoms with E-state index in [2.05, 4.69) is 15.3 Å². The summed E-state index contributed by atoms with van der Waals surface area (Å²) in [5.41, 5.74) is 0.590. The number of rotatable bonds is 4. The Morgan fingerprint density at radius 1 is 1.26 bits per heavy atom. The third-order valence-electron chi connectivity index (χ3n) is 3.79. The van der Waals surface area contributed by atoms with E-state index in [1.807, 2.05) is 0 Å². The molecule has 0 saturated heterocycles. The molecule has 9 heteroatoms. The highest BCUT2D eigenvalue weighted by molar-refractivity contribution is 6.29. The zero-order valence-electron chi connectivity index (χ0n) is 14.1. The second kappa shape index (κ2) is 7.40. The minimum absolute atomic E-state index is 0.189. The van der Waals surface area contributed by atoms with Gasteiger partial charge in [0.15, 0.2) is 5.82 Å². The van der Waals surface area contributed by atoms with E-state index in [1.165, 1.54) is 24.7 Å². The van der Waals surface area contributed by atoms with Crippen LogP contribution >= 0.6 is 11.6 Å². The van der Waals surface area contributed by atoms with Crippen molar-refractivity contribution in [2.45, 2.75) is 19.6 Å². The minimum Gasteiger partial charge on any atom is -0.331 e. The van der Waals surface area contributed by atoms with Gasteiger partial charge in [0.05, 0.1) is 23.1 Å². The predicted octanol–water partition coefficient (Wildman–Crippen LogP) is 4.56. The van der Waals surface area contributed by atoms with E-state index in [0.717, 1.165) is 12.1 Å². The van der Waals surface area contributed by atoms with Crippen molar-refractivity contribution in [1.82, 2.24) is 14.5 Å². The van der Waals surface area contributed by atoms with Gasteiger partial charge in [0.25, 0.3) is 5.91 Å². The summed E-state index contributed by atoms with van der Waals surface area (Å²) in [7, 11) is 0. The number of amides is 1. The molecule has 0 spiro atoms. The molecule has 0 radical (unpaired) electrons. The van der Waals surface area contributed by atoms with Gasteiger partial charge in [-0.1, -0.05) is 23.7 Å². The fraction of sp³-hybridized carbons (Fsp3) is 0.167. The maximum atomic E-state index is 12.8. The highest BCUT2D eigenvalue weighted by atomic mass is 35.5. The lowest BCUT2D eigenvalue weighted by atomic mass is 10.1. The van der Waals surface area contributed by atoms with Crippen molar-refractivity contribution in [2.75, 3.05) is 5.32 Å². The number of imidazole rings is 1.